The van der Waals surface area contributed by atoms with Crippen LogP contribution in [0.1, 0.15) is 11.7 Å². The molecule has 0 heterocycles. The van der Waals surface area contributed by atoms with Crippen molar-refractivity contribution >= 4 is 0 Å². The van der Waals surface area contributed by atoms with Crippen LogP contribution in [0.5, 0.6) is 0 Å². The van der Waals surface area contributed by atoms with Crippen LogP contribution in [-0.2, 0) is 0 Å². The summed E-state index contributed by atoms with van der Waals surface area (Å²) < 4.78 is 181. The second kappa shape index (κ2) is 6.62. The zero-order valence-corrected chi connectivity index (χ0v) is 12.6. The molecule has 1 aromatic carbocycles. The summed E-state index contributed by atoms with van der Waals surface area (Å²) in [6.45, 7) is 0. The van der Waals surface area contributed by atoms with Gasteiger partial charge in [0, 0.05) is 5.56 Å². The van der Waals surface area contributed by atoms with Crippen molar-refractivity contribution in [2.75, 3.05) is 0 Å². The Morgan fingerprint density at radius 2 is 1.00 bits per heavy atom. The summed E-state index contributed by atoms with van der Waals surface area (Å²) in [5.41, 5.74) is -1.84. The second-order valence-corrected chi connectivity index (χ2v) is 5.34. The van der Waals surface area contributed by atoms with Crippen LogP contribution >= 0.6 is 0 Å². The van der Waals surface area contributed by atoms with Gasteiger partial charge in [0.15, 0.2) is 6.10 Å². The zero-order valence-electron chi connectivity index (χ0n) is 12.6. The molecule has 0 aliphatic rings. The number of hydrogen-bond donors (Lipinski definition) is 1. The van der Waals surface area contributed by atoms with E-state index in [-0.39, 0.29) is 12.1 Å². The fraction of sp³-hybridized carbons (Fsp3) is 0.538. The van der Waals surface area contributed by atoms with Crippen LogP contribution in [0.4, 0.5) is 61.5 Å². The lowest BCUT2D eigenvalue weighted by molar-refractivity contribution is -0.444. The van der Waals surface area contributed by atoms with Crippen LogP contribution < -0.4 is 0 Å². The molecule has 0 aromatic heterocycles. The van der Waals surface area contributed by atoms with E-state index in [9.17, 15) is 61.5 Å². The SMILES string of the molecule is OC(c1ccccc1F)C(F)(F)C(F)(F)C(F)(F)C(F)(F)C(F)(F)C(F)(F)F. The average molecular weight is 444 g/mol. The monoisotopic (exact) mass is 444 g/mol. The molecule has 0 aliphatic carbocycles. The number of rotatable bonds is 6. The van der Waals surface area contributed by atoms with Crippen molar-refractivity contribution < 1.29 is 66.6 Å². The zero-order chi connectivity index (χ0) is 22.6. The summed E-state index contributed by atoms with van der Waals surface area (Å²) in [6.07, 6.45) is -11.8. The van der Waals surface area contributed by atoms with E-state index in [4.69, 9.17) is 5.11 Å². The highest BCUT2D eigenvalue weighted by Crippen LogP contribution is 2.61. The molecule has 1 aromatic rings. The van der Waals surface area contributed by atoms with E-state index < -0.39 is 53.3 Å². The fourth-order valence-corrected chi connectivity index (χ4v) is 1.85. The molecule has 0 amide bonds. The molecular weight excluding hydrogens is 438 g/mol. The summed E-state index contributed by atoms with van der Waals surface area (Å²) in [5, 5.41) is 9.10. The summed E-state index contributed by atoms with van der Waals surface area (Å²) in [6, 6.07) is 1.73. The minimum Gasteiger partial charge on any atom is -0.382 e. The second-order valence-electron chi connectivity index (χ2n) is 5.34. The average Bonchev–Trinajstić information content (AvgIpc) is 2.52. The third-order valence-corrected chi connectivity index (χ3v) is 3.50. The third-order valence-electron chi connectivity index (χ3n) is 3.50. The number of aliphatic hydroxyl groups excluding tert-OH is 1. The lowest BCUT2D eigenvalue weighted by atomic mass is 9.89. The Labute approximate surface area is 145 Å². The minimum absolute atomic E-state index is 0.130. The number of aliphatic hydroxyl groups is 1. The van der Waals surface area contributed by atoms with Gasteiger partial charge in [-0.25, -0.2) is 4.39 Å². The summed E-state index contributed by atoms with van der Waals surface area (Å²) >= 11 is 0. The van der Waals surface area contributed by atoms with Gasteiger partial charge in [0.1, 0.15) is 5.82 Å². The molecule has 28 heavy (non-hydrogen) atoms. The highest BCUT2D eigenvalue weighted by molar-refractivity contribution is 5.24. The summed E-state index contributed by atoms with van der Waals surface area (Å²) in [4.78, 5) is 0. The van der Waals surface area contributed by atoms with E-state index in [1.54, 1.807) is 0 Å². The Morgan fingerprint density at radius 3 is 1.39 bits per heavy atom. The van der Waals surface area contributed by atoms with Gasteiger partial charge in [-0.1, -0.05) is 18.2 Å². The largest absolute Gasteiger partial charge is 0.460 e. The van der Waals surface area contributed by atoms with Crippen molar-refractivity contribution in [1.29, 1.82) is 0 Å². The van der Waals surface area contributed by atoms with Crippen LogP contribution in [0, 0.1) is 5.82 Å². The molecule has 0 spiro atoms. The predicted octanol–water partition coefficient (Wildman–Crippen LogP) is 5.60. The Morgan fingerprint density at radius 1 is 0.607 bits per heavy atom. The molecule has 1 unspecified atom stereocenters. The molecule has 0 saturated heterocycles. The van der Waals surface area contributed by atoms with Gasteiger partial charge in [-0.3, -0.25) is 0 Å². The quantitative estimate of drug-likeness (QED) is 0.567. The highest BCUT2D eigenvalue weighted by Gasteiger charge is 2.91. The van der Waals surface area contributed by atoms with Gasteiger partial charge >= 0.3 is 35.8 Å². The molecule has 0 saturated carbocycles. The number of benzene rings is 1. The molecule has 0 bridgehead atoms. The van der Waals surface area contributed by atoms with Gasteiger partial charge in [-0.2, -0.15) is 57.1 Å². The Bertz CT molecular complexity index is 707. The van der Waals surface area contributed by atoms with Crippen molar-refractivity contribution in [3.8, 4) is 0 Å². The van der Waals surface area contributed by atoms with E-state index in [1.807, 2.05) is 0 Å². The number of alkyl halides is 13. The van der Waals surface area contributed by atoms with Gasteiger partial charge in [0.2, 0.25) is 0 Å². The Kier molecular flexibility index (Phi) is 5.73. The van der Waals surface area contributed by atoms with E-state index in [1.165, 1.54) is 0 Å². The molecule has 1 rings (SSSR count). The molecule has 0 fully saturated rings. The maximum absolute atomic E-state index is 13.7. The first-order valence-corrected chi connectivity index (χ1v) is 6.56. The van der Waals surface area contributed by atoms with Crippen molar-refractivity contribution in [2.45, 2.75) is 41.9 Å². The predicted molar refractivity (Wildman–Crippen MR) is 62.1 cm³/mol. The lowest BCUT2D eigenvalue weighted by Gasteiger charge is -2.40. The van der Waals surface area contributed by atoms with Crippen LogP contribution in [0.25, 0.3) is 0 Å². The van der Waals surface area contributed by atoms with Crippen molar-refractivity contribution in [3.63, 3.8) is 0 Å². The molecule has 0 aliphatic heterocycles. The fourth-order valence-electron chi connectivity index (χ4n) is 1.85. The molecular formula is C13H6F14O. The van der Waals surface area contributed by atoms with Crippen molar-refractivity contribution in [2.24, 2.45) is 0 Å². The molecule has 15 heteroatoms. The topological polar surface area (TPSA) is 20.2 Å². The maximum Gasteiger partial charge on any atom is 0.460 e. The van der Waals surface area contributed by atoms with Gasteiger partial charge in [-0.15, -0.1) is 0 Å². The van der Waals surface area contributed by atoms with E-state index in [2.05, 4.69) is 0 Å². The molecule has 1 nitrogen and oxygen atoms in total. The Balaban J connectivity index is 3.55. The van der Waals surface area contributed by atoms with Crippen LogP contribution in [0.15, 0.2) is 24.3 Å². The van der Waals surface area contributed by atoms with E-state index in [0.29, 0.717) is 6.07 Å². The summed E-state index contributed by atoms with van der Waals surface area (Å²) in [5.74, 6) is -40.4. The highest BCUT2D eigenvalue weighted by atomic mass is 19.4. The molecule has 1 N–H and O–H groups in total. The first-order chi connectivity index (χ1) is 12.2. The smallest absolute Gasteiger partial charge is 0.382 e. The maximum atomic E-state index is 13.7. The standard InChI is InChI=1S/C13H6F14O/c14-6-4-2-1-3-5(6)7(28)8(15,16)9(17,18)10(19,20)11(21,22)12(23,24)13(25,26)27/h1-4,7,28H. The first-order valence-electron chi connectivity index (χ1n) is 6.56. The van der Waals surface area contributed by atoms with E-state index >= 15 is 0 Å². The van der Waals surface area contributed by atoms with Crippen LogP contribution in [0.2, 0.25) is 0 Å². The van der Waals surface area contributed by atoms with Crippen molar-refractivity contribution in [1.82, 2.24) is 0 Å². The molecule has 1 atom stereocenters. The normalized spacial score (nSPS) is 16.2. The van der Waals surface area contributed by atoms with Gasteiger partial charge in [0.05, 0.1) is 0 Å². The molecule has 162 valence electrons. The minimum atomic E-state index is -8.08. The number of hydrogen-bond acceptors (Lipinski definition) is 1. The molecule has 0 radical (unpaired) electrons. The van der Waals surface area contributed by atoms with Gasteiger partial charge in [-0.05, 0) is 6.07 Å². The summed E-state index contributed by atoms with van der Waals surface area (Å²) in [7, 11) is 0. The Hall–Kier alpha value is -1.80. The van der Waals surface area contributed by atoms with Crippen molar-refractivity contribution in [3.05, 3.63) is 35.6 Å². The van der Waals surface area contributed by atoms with E-state index in [0.717, 1.165) is 6.07 Å². The van der Waals surface area contributed by atoms with Crippen LogP contribution in [-0.4, -0.2) is 40.9 Å². The third kappa shape index (κ3) is 3.16. The first kappa shape index (κ1) is 24.2. The van der Waals surface area contributed by atoms with Crippen LogP contribution in [0.3, 0.4) is 0 Å². The van der Waals surface area contributed by atoms with Gasteiger partial charge < -0.3 is 5.11 Å². The number of halogens is 14. The van der Waals surface area contributed by atoms with Gasteiger partial charge in [0.25, 0.3) is 0 Å². The lowest BCUT2D eigenvalue weighted by Crippen LogP contribution is -2.70.